The highest BCUT2D eigenvalue weighted by molar-refractivity contribution is 5.30. The SMILES string of the molecule is COCC(C)Nc1nc(C)cn1CC1CCCOC1. The van der Waals surface area contributed by atoms with Crippen LogP contribution in [0.1, 0.15) is 25.5 Å². The van der Waals surface area contributed by atoms with Gasteiger partial charge in [0.15, 0.2) is 0 Å². The van der Waals surface area contributed by atoms with Gasteiger partial charge in [0.1, 0.15) is 0 Å². The summed E-state index contributed by atoms with van der Waals surface area (Å²) in [4.78, 5) is 4.55. The number of methoxy groups -OCH3 is 1. The summed E-state index contributed by atoms with van der Waals surface area (Å²) >= 11 is 0. The molecule has 0 radical (unpaired) electrons. The van der Waals surface area contributed by atoms with Crippen LogP contribution in [0, 0.1) is 12.8 Å². The molecule has 0 saturated carbocycles. The van der Waals surface area contributed by atoms with Crippen molar-refractivity contribution in [2.45, 2.75) is 39.3 Å². The fourth-order valence-electron chi connectivity index (χ4n) is 2.54. The second-order valence-corrected chi connectivity index (χ2v) is 5.44. The summed E-state index contributed by atoms with van der Waals surface area (Å²) < 4.78 is 12.9. The Bertz CT molecular complexity index is 386. The normalized spacial score (nSPS) is 21.3. The number of rotatable bonds is 6. The molecule has 5 heteroatoms. The summed E-state index contributed by atoms with van der Waals surface area (Å²) in [6, 6.07) is 0.258. The fraction of sp³-hybridized carbons (Fsp3) is 0.786. The first-order valence-corrected chi connectivity index (χ1v) is 7.06. The molecule has 2 heterocycles. The van der Waals surface area contributed by atoms with Crippen molar-refractivity contribution in [2.75, 3.05) is 32.2 Å². The van der Waals surface area contributed by atoms with Crippen molar-refractivity contribution in [3.05, 3.63) is 11.9 Å². The van der Waals surface area contributed by atoms with Crippen LogP contribution < -0.4 is 5.32 Å². The Balaban J connectivity index is 1.98. The highest BCUT2D eigenvalue weighted by Gasteiger charge is 2.17. The van der Waals surface area contributed by atoms with E-state index in [0.717, 1.165) is 31.4 Å². The molecule has 1 aromatic rings. The van der Waals surface area contributed by atoms with Crippen LogP contribution in [0.15, 0.2) is 6.20 Å². The molecule has 1 saturated heterocycles. The maximum Gasteiger partial charge on any atom is 0.203 e. The maximum absolute atomic E-state index is 5.55. The first kappa shape index (κ1) is 14.3. The zero-order valence-electron chi connectivity index (χ0n) is 12.2. The minimum absolute atomic E-state index is 0.258. The molecule has 5 nitrogen and oxygen atoms in total. The van der Waals surface area contributed by atoms with Crippen LogP contribution in [0.4, 0.5) is 5.95 Å². The largest absolute Gasteiger partial charge is 0.383 e. The topological polar surface area (TPSA) is 48.3 Å². The number of aryl methyl sites for hydroxylation is 1. The predicted octanol–water partition coefficient (Wildman–Crippen LogP) is 2.06. The lowest BCUT2D eigenvalue weighted by atomic mass is 10.0. The van der Waals surface area contributed by atoms with Crippen molar-refractivity contribution < 1.29 is 9.47 Å². The van der Waals surface area contributed by atoms with Gasteiger partial charge in [0.2, 0.25) is 5.95 Å². The van der Waals surface area contributed by atoms with Crippen LogP contribution in [0.3, 0.4) is 0 Å². The molecule has 2 unspecified atom stereocenters. The van der Waals surface area contributed by atoms with Crippen molar-refractivity contribution in [2.24, 2.45) is 5.92 Å². The molecular formula is C14H25N3O2. The Hall–Kier alpha value is -1.07. The smallest absolute Gasteiger partial charge is 0.203 e. The van der Waals surface area contributed by atoms with Crippen molar-refractivity contribution in [3.8, 4) is 0 Å². The predicted molar refractivity (Wildman–Crippen MR) is 75.5 cm³/mol. The van der Waals surface area contributed by atoms with Crippen LogP contribution in [0.25, 0.3) is 0 Å². The van der Waals surface area contributed by atoms with E-state index < -0.39 is 0 Å². The molecule has 0 bridgehead atoms. The maximum atomic E-state index is 5.55. The van der Waals surface area contributed by atoms with Gasteiger partial charge in [0.25, 0.3) is 0 Å². The summed E-state index contributed by atoms with van der Waals surface area (Å²) in [5.74, 6) is 1.54. The highest BCUT2D eigenvalue weighted by atomic mass is 16.5. The summed E-state index contributed by atoms with van der Waals surface area (Å²) in [6.07, 6.45) is 4.52. The second-order valence-electron chi connectivity index (χ2n) is 5.44. The quantitative estimate of drug-likeness (QED) is 0.857. The first-order valence-electron chi connectivity index (χ1n) is 7.06. The number of hydrogen-bond acceptors (Lipinski definition) is 4. The molecule has 1 N–H and O–H groups in total. The summed E-state index contributed by atoms with van der Waals surface area (Å²) in [7, 11) is 1.72. The van der Waals surface area contributed by atoms with Gasteiger partial charge in [-0.05, 0) is 26.7 Å². The number of nitrogens with zero attached hydrogens (tertiary/aromatic N) is 2. The standard InChI is InChI=1S/C14H25N3O2/c1-11-7-17(8-13-5-4-6-19-10-13)14(15-11)16-12(2)9-18-3/h7,12-13H,4-6,8-10H2,1-3H3,(H,15,16). The average Bonchev–Trinajstić information content (AvgIpc) is 2.71. The molecule has 1 aliphatic rings. The van der Waals surface area contributed by atoms with E-state index in [1.165, 1.54) is 12.8 Å². The first-order chi connectivity index (χ1) is 9.19. The van der Waals surface area contributed by atoms with Crippen molar-refractivity contribution in [1.29, 1.82) is 0 Å². The molecule has 0 aliphatic carbocycles. The van der Waals surface area contributed by atoms with Crippen LogP contribution in [-0.2, 0) is 16.0 Å². The number of hydrogen-bond donors (Lipinski definition) is 1. The fourth-order valence-corrected chi connectivity index (χ4v) is 2.54. The number of nitrogens with one attached hydrogen (secondary N) is 1. The van der Waals surface area contributed by atoms with Crippen molar-refractivity contribution >= 4 is 5.95 Å². The van der Waals surface area contributed by atoms with Gasteiger partial charge in [0, 0.05) is 38.4 Å². The van der Waals surface area contributed by atoms with Gasteiger partial charge in [-0.1, -0.05) is 0 Å². The van der Waals surface area contributed by atoms with Crippen molar-refractivity contribution in [3.63, 3.8) is 0 Å². The van der Waals surface area contributed by atoms with Gasteiger partial charge >= 0.3 is 0 Å². The van der Waals surface area contributed by atoms with E-state index in [1.54, 1.807) is 7.11 Å². The van der Waals surface area contributed by atoms with E-state index in [9.17, 15) is 0 Å². The van der Waals surface area contributed by atoms with Gasteiger partial charge in [-0.2, -0.15) is 0 Å². The molecule has 2 atom stereocenters. The Morgan fingerprint density at radius 1 is 1.63 bits per heavy atom. The number of ether oxygens (including phenoxy) is 2. The monoisotopic (exact) mass is 267 g/mol. The third kappa shape index (κ3) is 4.21. The Morgan fingerprint density at radius 3 is 3.16 bits per heavy atom. The molecule has 19 heavy (non-hydrogen) atoms. The summed E-state index contributed by atoms with van der Waals surface area (Å²) in [6.45, 7) is 7.56. The summed E-state index contributed by atoms with van der Waals surface area (Å²) in [5, 5.41) is 3.41. The molecule has 1 aromatic heterocycles. The van der Waals surface area contributed by atoms with E-state index in [1.807, 2.05) is 6.92 Å². The molecular weight excluding hydrogens is 242 g/mol. The molecule has 1 aliphatic heterocycles. The van der Waals surface area contributed by atoms with E-state index >= 15 is 0 Å². The number of aromatic nitrogens is 2. The van der Waals surface area contributed by atoms with E-state index in [2.05, 4.69) is 28.0 Å². The molecule has 0 aromatic carbocycles. The van der Waals surface area contributed by atoms with Crippen LogP contribution in [-0.4, -0.2) is 42.5 Å². The lowest BCUT2D eigenvalue weighted by molar-refractivity contribution is 0.0485. The van der Waals surface area contributed by atoms with E-state index in [4.69, 9.17) is 9.47 Å². The van der Waals surface area contributed by atoms with Crippen LogP contribution >= 0.6 is 0 Å². The molecule has 1 fully saturated rings. The Labute approximate surface area is 115 Å². The minimum Gasteiger partial charge on any atom is -0.383 e. The molecule has 0 spiro atoms. The zero-order valence-corrected chi connectivity index (χ0v) is 12.2. The Morgan fingerprint density at radius 2 is 2.47 bits per heavy atom. The van der Waals surface area contributed by atoms with Gasteiger partial charge in [0.05, 0.1) is 18.9 Å². The second kappa shape index (κ2) is 6.91. The molecule has 0 amide bonds. The van der Waals surface area contributed by atoms with Crippen molar-refractivity contribution in [1.82, 2.24) is 9.55 Å². The molecule has 108 valence electrons. The third-order valence-electron chi connectivity index (χ3n) is 3.40. The minimum atomic E-state index is 0.258. The van der Waals surface area contributed by atoms with Crippen LogP contribution in [0.2, 0.25) is 0 Å². The zero-order chi connectivity index (χ0) is 13.7. The lowest BCUT2D eigenvalue weighted by Crippen LogP contribution is -2.26. The van der Waals surface area contributed by atoms with Gasteiger partial charge < -0.3 is 19.4 Å². The van der Waals surface area contributed by atoms with Gasteiger partial charge in [-0.3, -0.25) is 0 Å². The van der Waals surface area contributed by atoms with E-state index in [-0.39, 0.29) is 6.04 Å². The highest BCUT2D eigenvalue weighted by Crippen LogP contribution is 2.19. The third-order valence-corrected chi connectivity index (χ3v) is 3.40. The van der Waals surface area contributed by atoms with Gasteiger partial charge in [-0.25, -0.2) is 4.98 Å². The average molecular weight is 267 g/mol. The van der Waals surface area contributed by atoms with Gasteiger partial charge in [-0.15, -0.1) is 0 Å². The van der Waals surface area contributed by atoms with Crippen LogP contribution in [0.5, 0.6) is 0 Å². The lowest BCUT2D eigenvalue weighted by Gasteiger charge is -2.23. The number of anilines is 1. The number of imidazole rings is 1. The van der Waals surface area contributed by atoms with E-state index in [0.29, 0.717) is 12.5 Å². The molecule has 2 rings (SSSR count). The summed E-state index contributed by atoms with van der Waals surface area (Å²) in [5.41, 5.74) is 1.05. The Kier molecular flexibility index (Phi) is 5.22.